The molecule has 0 amide bonds. The molecule has 0 saturated carbocycles. The summed E-state index contributed by atoms with van der Waals surface area (Å²) in [6.07, 6.45) is 1.31. The third kappa shape index (κ3) is 2.60. The van der Waals surface area contributed by atoms with Gasteiger partial charge in [0, 0.05) is 28.2 Å². The number of hydrogen-bond acceptors (Lipinski definition) is 2. The number of aromatic amines is 1. The Morgan fingerprint density at radius 3 is 2.71 bits per heavy atom. The second-order valence-electron chi connectivity index (χ2n) is 4.43. The number of fused-ring (bicyclic) bond motifs is 1. The summed E-state index contributed by atoms with van der Waals surface area (Å²) < 4.78 is 26.3. The highest BCUT2D eigenvalue weighted by atomic mass is 35.5. The zero-order valence-corrected chi connectivity index (χ0v) is 11.3. The number of rotatable bonds is 2. The maximum absolute atomic E-state index is 13.5. The van der Waals surface area contributed by atoms with Crippen molar-refractivity contribution in [1.29, 1.82) is 0 Å². The number of H-pyrrole nitrogens is 1. The third-order valence-corrected chi connectivity index (χ3v) is 3.26. The molecular formula is C15H9ClF2N2O. The average Bonchev–Trinajstić information content (AvgIpc) is 2.73. The second kappa shape index (κ2) is 5.18. The van der Waals surface area contributed by atoms with Crippen LogP contribution in [0.5, 0.6) is 5.88 Å². The van der Waals surface area contributed by atoms with Gasteiger partial charge in [-0.3, -0.25) is 4.99 Å². The van der Waals surface area contributed by atoms with E-state index in [1.165, 1.54) is 12.3 Å². The van der Waals surface area contributed by atoms with Gasteiger partial charge in [0.2, 0.25) is 0 Å². The number of hydrogen-bond donors (Lipinski definition) is 2. The molecule has 1 heterocycles. The number of aliphatic imine (C=N–C) groups is 1. The molecule has 0 atom stereocenters. The Kier molecular flexibility index (Phi) is 3.35. The van der Waals surface area contributed by atoms with E-state index in [1.54, 1.807) is 18.2 Å². The van der Waals surface area contributed by atoms with E-state index in [-0.39, 0.29) is 11.6 Å². The lowest BCUT2D eigenvalue weighted by atomic mass is 10.2. The van der Waals surface area contributed by atoms with Gasteiger partial charge in [-0.15, -0.1) is 0 Å². The van der Waals surface area contributed by atoms with Gasteiger partial charge in [0.05, 0.1) is 11.3 Å². The lowest BCUT2D eigenvalue weighted by Crippen LogP contribution is -1.83. The van der Waals surface area contributed by atoms with Crippen molar-refractivity contribution in [2.45, 2.75) is 0 Å². The molecular weight excluding hydrogens is 298 g/mol. The van der Waals surface area contributed by atoms with Gasteiger partial charge < -0.3 is 10.1 Å². The zero-order valence-electron chi connectivity index (χ0n) is 10.6. The molecule has 0 bridgehead atoms. The number of aromatic nitrogens is 1. The molecule has 0 aliphatic rings. The Hall–Kier alpha value is -2.40. The Balaban J connectivity index is 2.06. The molecule has 3 nitrogen and oxygen atoms in total. The van der Waals surface area contributed by atoms with Crippen LogP contribution in [-0.4, -0.2) is 16.3 Å². The van der Waals surface area contributed by atoms with Crippen LogP contribution in [0.25, 0.3) is 10.9 Å². The topological polar surface area (TPSA) is 48.4 Å². The molecule has 0 unspecified atom stereocenters. The first-order valence-corrected chi connectivity index (χ1v) is 6.42. The van der Waals surface area contributed by atoms with E-state index in [4.69, 9.17) is 11.6 Å². The largest absolute Gasteiger partial charge is 0.494 e. The standard InChI is InChI=1S/C15H9ClF2N2O/c16-8-1-3-13-10(5-8)11(15(21)20-13)7-19-14-4-2-9(17)6-12(14)18/h1-7,20-21H. The molecule has 3 aromatic rings. The van der Waals surface area contributed by atoms with Crippen molar-refractivity contribution in [3.05, 3.63) is 58.6 Å². The van der Waals surface area contributed by atoms with E-state index in [1.807, 2.05) is 0 Å². The van der Waals surface area contributed by atoms with E-state index >= 15 is 0 Å². The van der Waals surface area contributed by atoms with Gasteiger partial charge in [-0.2, -0.15) is 0 Å². The maximum Gasteiger partial charge on any atom is 0.198 e. The summed E-state index contributed by atoms with van der Waals surface area (Å²) in [4.78, 5) is 6.71. The fourth-order valence-electron chi connectivity index (χ4n) is 2.02. The van der Waals surface area contributed by atoms with Gasteiger partial charge in [-0.25, -0.2) is 8.78 Å². The minimum atomic E-state index is -0.774. The van der Waals surface area contributed by atoms with Crippen LogP contribution in [0.3, 0.4) is 0 Å². The second-order valence-corrected chi connectivity index (χ2v) is 4.87. The molecule has 0 aliphatic heterocycles. The van der Waals surface area contributed by atoms with Crippen LogP contribution in [-0.2, 0) is 0 Å². The molecule has 6 heteroatoms. The average molecular weight is 307 g/mol. The highest BCUT2D eigenvalue weighted by Crippen LogP contribution is 2.29. The number of aromatic hydroxyl groups is 1. The molecule has 106 valence electrons. The molecule has 21 heavy (non-hydrogen) atoms. The Morgan fingerprint density at radius 1 is 1.14 bits per heavy atom. The SMILES string of the molecule is Oc1[nH]c2ccc(Cl)cc2c1C=Nc1ccc(F)cc1F. The van der Waals surface area contributed by atoms with Crippen molar-refractivity contribution in [2.75, 3.05) is 0 Å². The molecule has 0 spiro atoms. The molecule has 2 aromatic carbocycles. The fourth-order valence-corrected chi connectivity index (χ4v) is 2.19. The van der Waals surface area contributed by atoms with E-state index in [0.29, 0.717) is 21.5 Å². The first kappa shape index (κ1) is 13.6. The summed E-state index contributed by atoms with van der Waals surface area (Å²) in [5.41, 5.74) is 1.04. The fraction of sp³-hybridized carbons (Fsp3) is 0. The number of halogens is 3. The maximum atomic E-state index is 13.5. The van der Waals surface area contributed by atoms with E-state index in [0.717, 1.165) is 12.1 Å². The molecule has 0 aliphatic carbocycles. The van der Waals surface area contributed by atoms with E-state index < -0.39 is 11.6 Å². The van der Waals surface area contributed by atoms with Crippen LogP contribution in [0.4, 0.5) is 14.5 Å². The summed E-state index contributed by atoms with van der Waals surface area (Å²) in [5, 5.41) is 11.0. The summed E-state index contributed by atoms with van der Waals surface area (Å²) >= 11 is 5.92. The molecule has 1 aromatic heterocycles. The minimum Gasteiger partial charge on any atom is -0.494 e. The first-order chi connectivity index (χ1) is 10.0. The van der Waals surface area contributed by atoms with Crippen LogP contribution in [0.2, 0.25) is 5.02 Å². The molecule has 0 radical (unpaired) electrons. The number of benzene rings is 2. The Morgan fingerprint density at radius 2 is 1.95 bits per heavy atom. The summed E-state index contributed by atoms with van der Waals surface area (Å²) in [6, 6.07) is 8.14. The van der Waals surface area contributed by atoms with Crippen LogP contribution >= 0.6 is 11.6 Å². The van der Waals surface area contributed by atoms with Gasteiger partial charge in [0.1, 0.15) is 5.82 Å². The van der Waals surface area contributed by atoms with Crippen LogP contribution in [0.1, 0.15) is 5.56 Å². The summed E-state index contributed by atoms with van der Waals surface area (Å²) in [5.74, 6) is -1.55. The van der Waals surface area contributed by atoms with Crippen LogP contribution < -0.4 is 0 Å². The predicted molar refractivity (Wildman–Crippen MR) is 78.6 cm³/mol. The zero-order chi connectivity index (χ0) is 15.0. The highest BCUT2D eigenvalue weighted by Gasteiger charge is 2.10. The van der Waals surface area contributed by atoms with Crippen molar-refractivity contribution in [3.63, 3.8) is 0 Å². The van der Waals surface area contributed by atoms with Crippen molar-refractivity contribution in [3.8, 4) is 5.88 Å². The quantitative estimate of drug-likeness (QED) is 0.670. The summed E-state index contributed by atoms with van der Waals surface area (Å²) in [7, 11) is 0. The highest BCUT2D eigenvalue weighted by molar-refractivity contribution is 6.31. The number of nitrogens with zero attached hydrogens (tertiary/aromatic N) is 1. The Labute approximate surface area is 123 Å². The van der Waals surface area contributed by atoms with Crippen LogP contribution in [0, 0.1) is 11.6 Å². The molecule has 2 N–H and O–H groups in total. The minimum absolute atomic E-state index is 0.0211. The van der Waals surface area contributed by atoms with Gasteiger partial charge in [0.15, 0.2) is 11.7 Å². The van der Waals surface area contributed by atoms with Crippen molar-refractivity contribution < 1.29 is 13.9 Å². The monoisotopic (exact) mass is 306 g/mol. The molecule has 0 saturated heterocycles. The van der Waals surface area contributed by atoms with Gasteiger partial charge >= 0.3 is 0 Å². The normalized spacial score (nSPS) is 11.6. The predicted octanol–water partition coefficient (Wildman–Crippen LogP) is 4.56. The van der Waals surface area contributed by atoms with E-state index in [2.05, 4.69) is 9.98 Å². The Bertz CT molecular complexity index is 858. The molecule has 3 rings (SSSR count). The van der Waals surface area contributed by atoms with Gasteiger partial charge in [0.25, 0.3) is 0 Å². The van der Waals surface area contributed by atoms with Crippen molar-refractivity contribution in [1.82, 2.24) is 4.98 Å². The van der Waals surface area contributed by atoms with Crippen molar-refractivity contribution in [2.24, 2.45) is 4.99 Å². The van der Waals surface area contributed by atoms with Crippen LogP contribution in [0.15, 0.2) is 41.4 Å². The lowest BCUT2D eigenvalue weighted by molar-refractivity contribution is 0.457. The molecule has 0 fully saturated rings. The van der Waals surface area contributed by atoms with E-state index in [9.17, 15) is 13.9 Å². The summed E-state index contributed by atoms with van der Waals surface area (Å²) in [6.45, 7) is 0. The first-order valence-electron chi connectivity index (χ1n) is 6.04. The van der Waals surface area contributed by atoms with Crippen molar-refractivity contribution >= 4 is 34.4 Å². The van der Waals surface area contributed by atoms with Gasteiger partial charge in [-0.1, -0.05) is 11.6 Å². The third-order valence-electron chi connectivity index (χ3n) is 3.02. The van der Waals surface area contributed by atoms with Gasteiger partial charge in [-0.05, 0) is 30.3 Å². The number of nitrogens with one attached hydrogen (secondary N) is 1. The lowest BCUT2D eigenvalue weighted by Gasteiger charge is -1.97. The smallest absolute Gasteiger partial charge is 0.198 e.